The molecule has 0 bridgehead atoms. The van der Waals surface area contributed by atoms with E-state index >= 15 is 0 Å². The van der Waals surface area contributed by atoms with Crippen LogP contribution in [0.4, 0.5) is 0 Å². The number of hydrogen-bond donors (Lipinski definition) is 0. The minimum atomic E-state index is -0.866. The van der Waals surface area contributed by atoms with E-state index in [0.29, 0.717) is 60.0 Å². The summed E-state index contributed by atoms with van der Waals surface area (Å²) in [7, 11) is 1.27. The second-order valence-electron chi connectivity index (χ2n) is 9.22. The first-order valence-corrected chi connectivity index (χ1v) is 15.9. The second-order valence-corrected chi connectivity index (χ2v) is 11.9. The van der Waals surface area contributed by atoms with E-state index in [1.165, 1.54) is 23.0 Å². The zero-order chi connectivity index (χ0) is 32.0. The number of halogens is 2. The molecule has 10 nitrogen and oxygen atoms in total. The summed E-state index contributed by atoms with van der Waals surface area (Å²) in [5.41, 5.74) is 1.63. The summed E-state index contributed by atoms with van der Waals surface area (Å²) in [5.74, 6) is 0.123. The van der Waals surface area contributed by atoms with Crippen molar-refractivity contribution >= 4 is 61.2 Å². The van der Waals surface area contributed by atoms with Gasteiger partial charge in [-0.15, -0.1) is 0 Å². The van der Waals surface area contributed by atoms with Gasteiger partial charge >= 0.3 is 11.9 Å². The standard InChI is InChI=1S/C31H30Br2N2O8S/c1-6-11-42-28-20(32)12-18(13-21(28)33)14-24-29(37)35-27(26(30(38)41-8-3)17(4)34-31(35)44-24)19-9-10-22(23(15-19)40-7-2)43-16-25(36)39-5/h6,9-10,12-15,27H,1,7-8,11,16H2,2-5H3/b24-14+/t27-/m0/s1. The van der Waals surface area contributed by atoms with Crippen LogP contribution in [0.5, 0.6) is 17.2 Å². The molecule has 0 spiro atoms. The highest BCUT2D eigenvalue weighted by molar-refractivity contribution is 9.11. The maximum Gasteiger partial charge on any atom is 0.343 e. The fourth-order valence-electron chi connectivity index (χ4n) is 4.48. The molecule has 4 rings (SSSR count). The molecule has 2 aromatic carbocycles. The van der Waals surface area contributed by atoms with Crippen LogP contribution in [-0.2, 0) is 19.1 Å². The summed E-state index contributed by atoms with van der Waals surface area (Å²) in [6, 6.07) is 7.85. The highest BCUT2D eigenvalue weighted by atomic mass is 79.9. The van der Waals surface area contributed by atoms with Crippen LogP contribution in [0.2, 0.25) is 0 Å². The second kappa shape index (κ2) is 14.9. The van der Waals surface area contributed by atoms with Crippen molar-refractivity contribution in [3.63, 3.8) is 0 Å². The monoisotopic (exact) mass is 748 g/mol. The minimum Gasteiger partial charge on any atom is -0.490 e. The zero-order valence-electron chi connectivity index (χ0n) is 24.5. The van der Waals surface area contributed by atoms with Gasteiger partial charge in [0.15, 0.2) is 22.9 Å². The van der Waals surface area contributed by atoms with Crippen molar-refractivity contribution in [1.82, 2.24) is 4.57 Å². The summed E-state index contributed by atoms with van der Waals surface area (Å²) in [6.07, 6.45) is 3.41. The fourth-order valence-corrected chi connectivity index (χ4v) is 6.98. The number of methoxy groups -OCH3 is 1. The smallest absolute Gasteiger partial charge is 0.343 e. The maximum absolute atomic E-state index is 14.0. The van der Waals surface area contributed by atoms with Gasteiger partial charge in [0.25, 0.3) is 5.56 Å². The summed E-state index contributed by atoms with van der Waals surface area (Å²) < 4.78 is 30.5. The van der Waals surface area contributed by atoms with Gasteiger partial charge in [-0.05, 0) is 94.1 Å². The number of hydrogen-bond acceptors (Lipinski definition) is 10. The molecule has 13 heteroatoms. The van der Waals surface area contributed by atoms with Crippen LogP contribution >= 0.6 is 43.2 Å². The van der Waals surface area contributed by atoms with E-state index in [4.69, 9.17) is 18.9 Å². The van der Waals surface area contributed by atoms with Crippen LogP contribution in [-0.4, -0.2) is 50.0 Å². The molecule has 0 N–H and O–H groups in total. The Bertz CT molecular complexity index is 1790. The Hall–Kier alpha value is -3.68. The van der Waals surface area contributed by atoms with Crippen LogP contribution in [0.25, 0.3) is 6.08 Å². The zero-order valence-corrected chi connectivity index (χ0v) is 28.5. The number of rotatable bonds is 12. The SMILES string of the molecule is C=CCOc1c(Br)cc(/C=c2/sc3n(c2=O)[C@@H](c2ccc(OCC(=O)OC)c(OCC)c2)C(C(=O)OCC)=C(C)N=3)cc1Br. The Morgan fingerprint density at radius 2 is 1.80 bits per heavy atom. The number of ether oxygens (including phenoxy) is 5. The summed E-state index contributed by atoms with van der Waals surface area (Å²) in [4.78, 5) is 44.1. The Morgan fingerprint density at radius 3 is 2.43 bits per heavy atom. The number of esters is 2. The van der Waals surface area contributed by atoms with E-state index in [1.807, 2.05) is 19.1 Å². The quantitative estimate of drug-likeness (QED) is 0.191. The lowest BCUT2D eigenvalue weighted by Crippen LogP contribution is -2.40. The van der Waals surface area contributed by atoms with Crippen molar-refractivity contribution in [3.8, 4) is 17.2 Å². The molecule has 1 aliphatic heterocycles. The summed E-state index contributed by atoms with van der Waals surface area (Å²) in [6.45, 7) is 9.38. The molecule has 0 saturated heterocycles. The number of aromatic nitrogens is 1. The molecule has 0 fully saturated rings. The van der Waals surface area contributed by atoms with Gasteiger partial charge in [0.1, 0.15) is 12.4 Å². The summed E-state index contributed by atoms with van der Waals surface area (Å²) >= 11 is 8.28. The third kappa shape index (κ3) is 7.16. The van der Waals surface area contributed by atoms with Crippen molar-refractivity contribution in [2.24, 2.45) is 4.99 Å². The third-order valence-electron chi connectivity index (χ3n) is 6.34. The molecule has 1 atom stereocenters. The Morgan fingerprint density at radius 1 is 1.07 bits per heavy atom. The Balaban J connectivity index is 1.88. The number of carbonyl (C=O) groups excluding carboxylic acids is 2. The molecule has 0 amide bonds. The first-order valence-electron chi connectivity index (χ1n) is 13.5. The molecule has 0 radical (unpaired) electrons. The maximum atomic E-state index is 14.0. The van der Waals surface area contributed by atoms with Gasteiger partial charge in [-0.1, -0.05) is 30.1 Å². The number of thiazole rings is 1. The number of fused-ring (bicyclic) bond motifs is 1. The molecule has 0 aliphatic carbocycles. The van der Waals surface area contributed by atoms with Crippen molar-refractivity contribution in [2.45, 2.75) is 26.8 Å². The first kappa shape index (κ1) is 33.2. The minimum absolute atomic E-state index is 0.146. The molecule has 44 heavy (non-hydrogen) atoms. The van der Waals surface area contributed by atoms with Gasteiger partial charge in [-0.2, -0.15) is 0 Å². The average Bonchev–Trinajstić information content (AvgIpc) is 3.29. The molecule has 3 aromatic rings. The molecular formula is C31H30Br2N2O8S. The van der Waals surface area contributed by atoms with E-state index in [9.17, 15) is 14.4 Å². The molecule has 0 unspecified atom stereocenters. The van der Waals surface area contributed by atoms with Crippen LogP contribution in [0.1, 0.15) is 37.9 Å². The summed E-state index contributed by atoms with van der Waals surface area (Å²) in [5, 5.41) is 0. The lowest BCUT2D eigenvalue weighted by atomic mass is 9.95. The molecule has 1 aromatic heterocycles. The van der Waals surface area contributed by atoms with Gasteiger partial charge in [-0.25, -0.2) is 14.6 Å². The van der Waals surface area contributed by atoms with Crippen molar-refractivity contribution < 1.29 is 33.3 Å². The van der Waals surface area contributed by atoms with Crippen LogP contribution in [0.15, 0.2) is 73.0 Å². The van der Waals surface area contributed by atoms with Gasteiger partial charge in [0, 0.05) is 0 Å². The van der Waals surface area contributed by atoms with Crippen molar-refractivity contribution in [3.05, 3.63) is 94.0 Å². The lowest BCUT2D eigenvalue weighted by Gasteiger charge is -2.25. The molecule has 0 saturated carbocycles. The van der Waals surface area contributed by atoms with Crippen LogP contribution in [0, 0.1) is 0 Å². The van der Waals surface area contributed by atoms with E-state index in [1.54, 1.807) is 44.2 Å². The highest BCUT2D eigenvalue weighted by Crippen LogP contribution is 2.37. The Kier molecular flexibility index (Phi) is 11.2. The van der Waals surface area contributed by atoms with Gasteiger partial charge in [0.05, 0.1) is 51.1 Å². The third-order valence-corrected chi connectivity index (χ3v) is 8.50. The number of carbonyl (C=O) groups is 2. The van der Waals surface area contributed by atoms with E-state index < -0.39 is 18.0 Å². The lowest BCUT2D eigenvalue weighted by molar-refractivity contribution is -0.143. The Labute approximate surface area is 274 Å². The number of nitrogens with zero attached hydrogens (tertiary/aromatic N) is 2. The van der Waals surface area contributed by atoms with Gasteiger partial charge in [-0.3, -0.25) is 9.36 Å². The highest BCUT2D eigenvalue weighted by Gasteiger charge is 2.34. The average molecular weight is 750 g/mol. The van der Waals surface area contributed by atoms with E-state index in [0.717, 1.165) is 5.56 Å². The number of benzene rings is 2. The van der Waals surface area contributed by atoms with Crippen LogP contribution < -0.4 is 29.1 Å². The fraction of sp³-hybridized carbons (Fsp3) is 0.290. The molecular weight excluding hydrogens is 720 g/mol. The van der Waals surface area contributed by atoms with E-state index in [2.05, 4.69) is 48.2 Å². The first-order chi connectivity index (χ1) is 21.1. The van der Waals surface area contributed by atoms with Crippen LogP contribution in [0.3, 0.4) is 0 Å². The normalized spacial score (nSPS) is 14.4. The van der Waals surface area contributed by atoms with Crippen molar-refractivity contribution in [1.29, 1.82) is 0 Å². The molecule has 232 valence electrons. The predicted molar refractivity (Wildman–Crippen MR) is 173 cm³/mol. The van der Waals surface area contributed by atoms with Gasteiger partial charge < -0.3 is 23.7 Å². The topological polar surface area (TPSA) is 115 Å². The molecule has 1 aliphatic rings. The largest absolute Gasteiger partial charge is 0.490 e. The number of allylic oxidation sites excluding steroid dienone is 1. The van der Waals surface area contributed by atoms with Gasteiger partial charge in [0.2, 0.25) is 0 Å². The molecule has 2 heterocycles. The predicted octanol–water partition coefficient (Wildman–Crippen LogP) is 4.84. The van der Waals surface area contributed by atoms with E-state index in [-0.39, 0.29) is 24.3 Å². The van der Waals surface area contributed by atoms with Crippen molar-refractivity contribution in [2.75, 3.05) is 33.5 Å².